The van der Waals surface area contributed by atoms with Crippen LogP contribution in [0.1, 0.15) is 65.7 Å². The zero-order valence-electron chi connectivity index (χ0n) is 16.0. The number of benzene rings is 1. The predicted octanol–water partition coefficient (Wildman–Crippen LogP) is 7.04. The summed E-state index contributed by atoms with van der Waals surface area (Å²) in [4.78, 5) is 0. The molecule has 3 heterocycles. The van der Waals surface area contributed by atoms with Crippen LogP contribution in [0.25, 0.3) is 10.1 Å². The first-order valence-electron chi connectivity index (χ1n) is 10.3. The van der Waals surface area contributed by atoms with E-state index in [-0.39, 0.29) is 15.8 Å². The molecule has 3 heteroatoms. The van der Waals surface area contributed by atoms with Crippen LogP contribution in [-0.2, 0) is 0 Å². The molecule has 1 unspecified atom stereocenters. The van der Waals surface area contributed by atoms with Crippen LogP contribution in [0.15, 0.2) is 24.3 Å². The van der Waals surface area contributed by atoms with Crippen molar-refractivity contribution in [2.24, 2.45) is 0 Å². The summed E-state index contributed by atoms with van der Waals surface area (Å²) in [5.41, 5.74) is 2.96. The van der Waals surface area contributed by atoms with Gasteiger partial charge in [-0.3, -0.25) is 0 Å². The number of rotatable bonds is 5. The van der Waals surface area contributed by atoms with Gasteiger partial charge in [-0.05, 0) is 74.2 Å². The van der Waals surface area contributed by atoms with Crippen molar-refractivity contribution in [3.63, 3.8) is 0 Å². The van der Waals surface area contributed by atoms with Crippen molar-refractivity contribution in [1.82, 2.24) is 0 Å². The van der Waals surface area contributed by atoms with E-state index < -0.39 is 0 Å². The van der Waals surface area contributed by atoms with Gasteiger partial charge in [-0.25, -0.2) is 0 Å². The lowest BCUT2D eigenvalue weighted by molar-refractivity contribution is 0.696. The average Bonchev–Trinajstić information content (AvgIpc) is 3.35. The SMILES string of the molecule is CC[C@@H]1CCCP1c1sc2ccccc2c1P1[C@H](CC)CC[C@H]1CC. The lowest BCUT2D eigenvalue weighted by Crippen LogP contribution is -2.25. The van der Waals surface area contributed by atoms with E-state index in [1.807, 2.05) is 9.92 Å². The third-order valence-electron chi connectivity index (χ3n) is 6.48. The summed E-state index contributed by atoms with van der Waals surface area (Å²) in [7, 11) is 0.135. The summed E-state index contributed by atoms with van der Waals surface area (Å²) in [5.74, 6) is 0. The number of thiophene rings is 1. The highest BCUT2D eigenvalue weighted by Crippen LogP contribution is 2.61. The van der Waals surface area contributed by atoms with Crippen LogP contribution >= 0.6 is 27.2 Å². The summed E-state index contributed by atoms with van der Waals surface area (Å²) in [5, 5.41) is 3.55. The van der Waals surface area contributed by atoms with E-state index in [0.29, 0.717) is 0 Å². The highest BCUT2D eigenvalue weighted by Gasteiger charge is 2.40. The number of hydrogen-bond donors (Lipinski definition) is 0. The Morgan fingerprint density at radius 1 is 0.920 bits per heavy atom. The fraction of sp³-hybridized carbons (Fsp3) is 0.636. The fourth-order valence-corrected chi connectivity index (χ4v) is 15.1. The van der Waals surface area contributed by atoms with Gasteiger partial charge < -0.3 is 0 Å². The van der Waals surface area contributed by atoms with Gasteiger partial charge in [-0.15, -0.1) is 11.3 Å². The van der Waals surface area contributed by atoms with Crippen LogP contribution in [-0.4, -0.2) is 23.1 Å². The van der Waals surface area contributed by atoms with Crippen LogP contribution in [0.4, 0.5) is 0 Å². The molecule has 1 aromatic carbocycles. The zero-order chi connectivity index (χ0) is 17.4. The summed E-state index contributed by atoms with van der Waals surface area (Å²) in [6.07, 6.45) is 11.6. The minimum Gasteiger partial charge on any atom is -0.135 e. The quantitative estimate of drug-likeness (QED) is 0.480. The molecule has 0 aliphatic carbocycles. The Morgan fingerprint density at radius 3 is 2.28 bits per heavy atom. The molecule has 2 aliphatic heterocycles. The van der Waals surface area contributed by atoms with Crippen LogP contribution in [0.2, 0.25) is 0 Å². The maximum atomic E-state index is 2.46. The standard InChI is InChI=1S/C22H32P2S/c1-4-16-10-9-15-23(16)22-21(19-11-7-8-12-20(19)25-22)24-17(5-2)13-14-18(24)6-3/h7-8,11-12,16-18H,4-6,9-10,13-15H2,1-3H3/t16-,17-,18-,23?/m1/s1. The van der Waals surface area contributed by atoms with Crippen LogP contribution in [0.5, 0.6) is 0 Å². The second-order valence-corrected chi connectivity index (χ2v) is 14.4. The molecule has 2 saturated heterocycles. The predicted molar refractivity (Wildman–Crippen MR) is 121 cm³/mol. The van der Waals surface area contributed by atoms with Crippen molar-refractivity contribution in [3.05, 3.63) is 24.3 Å². The van der Waals surface area contributed by atoms with Crippen molar-refractivity contribution in [2.75, 3.05) is 6.16 Å². The van der Waals surface area contributed by atoms with Gasteiger partial charge in [-0.2, -0.15) is 0 Å². The molecule has 0 saturated carbocycles. The monoisotopic (exact) mass is 390 g/mol. The Kier molecular flexibility index (Phi) is 5.86. The van der Waals surface area contributed by atoms with E-state index >= 15 is 0 Å². The molecule has 0 radical (unpaired) electrons. The summed E-state index contributed by atoms with van der Waals surface area (Å²) >= 11 is 2.20. The van der Waals surface area contributed by atoms with Gasteiger partial charge in [0, 0.05) is 20.0 Å². The van der Waals surface area contributed by atoms with Gasteiger partial charge in [0.05, 0.1) is 0 Å². The van der Waals surface area contributed by atoms with Gasteiger partial charge >= 0.3 is 0 Å². The molecule has 25 heavy (non-hydrogen) atoms. The smallest absolute Gasteiger partial charge is 0.0370 e. The molecular weight excluding hydrogens is 358 g/mol. The molecule has 4 rings (SSSR count). The Bertz CT molecular complexity index is 710. The Balaban J connectivity index is 1.87. The molecule has 0 bridgehead atoms. The summed E-state index contributed by atoms with van der Waals surface area (Å²) in [6, 6.07) is 9.39. The van der Waals surface area contributed by atoms with Gasteiger partial charge in [0.15, 0.2) is 0 Å². The summed E-state index contributed by atoms with van der Waals surface area (Å²) in [6.45, 7) is 7.33. The first-order valence-corrected chi connectivity index (χ1v) is 14.2. The van der Waals surface area contributed by atoms with Gasteiger partial charge in [-0.1, -0.05) is 54.8 Å². The Labute approximate surface area is 160 Å². The Hall–Kier alpha value is 0.0400. The topological polar surface area (TPSA) is 0 Å². The molecule has 0 N–H and O–H groups in total. The molecule has 2 aliphatic rings. The van der Waals surface area contributed by atoms with E-state index in [0.717, 1.165) is 17.0 Å². The van der Waals surface area contributed by atoms with Crippen molar-refractivity contribution >= 4 is 47.2 Å². The molecule has 0 spiro atoms. The van der Waals surface area contributed by atoms with E-state index in [4.69, 9.17) is 0 Å². The van der Waals surface area contributed by atoms with Crippen molar-refractivity contribution in [2.45, 2.75) is 82.7 Å². The second kappa shape index (κ2) is 7.96. The minimum atomic E-state index is 0.0356. The normalized spacial score (nSPS) is 30.5. The molecule has 4 atom stereocenters. The molecule has 0 amide bonds. The number of hydrogen-bond acceptors (Lipinski definition) is 1. The van der Waals surface area contributed by atoms with Crippen LogP contribution in [0.3, 0.4) is 0 Å². The summed E-state index contributed by atoms with van der Waals surface area (Å²) < 4.78 is 3.47. The molecule has 1 aromatic heterocycles. The lowest BCUT2D eigenvalue weighted by Gasteiger charge is -2.28. The van der Waals surface area contributed by atoms with Gasteiger partial charge in [0.2, 0.25) is 0 Å². The van der Waals surface area contributed by atoms with Gasteiger partial charge in [0.1, 0.15) is 0 Å². The third-order valence-corrected chi connectivity index (χ3v) is 15.6. The first-order chi connectivity index (χ1) is 12.3. The minimum absolute atomic E-state index is 0.0356. The third kappa shape index (κ3) is 3.24. The van der Waals surface area contributed by atoms with Crippen LogP contribution < -0.4 is 9.92 Å². The molecule has 2 fully saturated rings. The maximum Gasteiger partial charge on any atom is 0.0370 e. The van der Waals surface area contributed by atoms with Crippen LogP contribution in [0, 0.1) is 0 Å². The van der Waals surface area contributed by atoms with Crippen molar-refractivity contribution in [1.29, 1.82) is 0 Å². The van der Waals surface area contributed by atoms with Gasteiger partial charge in [0.25, 0.3) is 0 Å². The van der Waals surface area contributed by atoms with Crippen molar-refractivity contribution in [3.8, 4) is 0 Å². The van der Waals surface area contributed by atoms with E-state index in [2.05, 4.69) is 56.4 Å². The van der Waals surface area contributed by atoms with E-state index in [1.54, 1.807) is 10.1 Å². The van der Waals surface area contributed by atoms with E-state index in [9.17, 15) is 0 Å². The molecule has 0 nitrogen and oxygen atoms in total. The fourth-order valence-electron chi connectivity index (χ4n) is 5.12. The largest absolute Gasteiger partial charge is 0.135 e. The van der Waals surface area contributed by atoms with Crippen molar-refractivity contribution < 1.29 is 0 Å². The van der Waals surface area contributed by atoms with E-state index in [1.165, 1.54) is 51.1 Å². The first kappa shape index (κ1) is 18.4. The molecule has 136 valence electrons. The zero-order valence-corrected chi connectivity index (χ0v) is 18.6. The second-order valence-electron chi connectivity index (χ2n) is 7.76. The molecular formula is C22H32P2S. The maximum absolute atomic E-state index is 2.46. The lowest BCUT2D eigenvalue weighted by atomic mass is 10.1. The highest BCUT2D eigenvalue weighted by molar-refractivity contribution is 7.78. The Morgan fingerprint density at radius 2 is 1.60 bits per heavy atom. The number of fused-ring (bicyclic) bond motifs is 1. The highest BCUT2D eigenvalue weighted by atomic mass is 32.1. The average molecular weight is 391 g/mol. The molecule has 2 aromatic rings.